The molecule has 2 rings (SSSR count). The fraction of sp³-hybridized carbons (Fsp3) is 0. The van der Waals surface area contributed by atoms with Crippen LogP contribution in [0.2, 0.25) is 5.02 Å². The van der Waals surface area contributed by atoms with E-state index in [0.717, 1.165) is 21.2 Å². The van der Waals surface area contributed by atoms with Crippen LogP contribution >= 0.6 is 35.5 Å². The van der Waals surface area contributed by atoms with Crippen molar-refractivity contribution in [2.45, 2.75) is 4.90 Å². The predicted octanol–water partition coefficient (Wildman–Crippen LogP) is 5.04. The van der Waals surface area contributed by atoms with Gasteiger partial charge in [0.05, 0.1) is 5.69 Å². The molecule has 0 saturated heterocycles. The zero-order chi connectivity index (χ0) is 13.5. The van der Waals surface area contributed by atoms with E-state index in [1.54, 1.807) is 0 Å². The lowest BCUT2D eigenvalue weighted by Gasteiger charge is -2.06. The Bertz CT molecular complexity index is 573. The maximum absolute atomic E-state index is 6.07. The Morgan fingerprint density at radius 2 is 1.79 bits per heavy atom. The van der Waals surface area contributed by atoms with Crippen LogP contribution in [0.15, 0.2) is 58.8 Å². The van der Waals surface area contributed by atoms with Gasteiger partial charge in [0.1, 0.15) is 0 Å². The van der Waals surface area contributed by atoms with Gasteiger partial charge in [0.25, 0.3) is 0 Å². The summed E-state index contributed by atoms with van der Waals surface area (Å²) in [5, 5.41) is 8.30. The molecule has 19 heavy (non-hydrogen) atoms. The quantitative estimate of drug-likeness (QED) is 0.759. The Morgan fingerprint density at radius 1 is 1.05 bits per heavy atom. The molecule has 5 heteroatoms. The lowest BCUT2D eigenvalue weighted by atomic mass is 10.2. The summed E-state index contributed by atoms with van der Waals surface area (Å²) in [5.41, 5.74) is 2.00. The van der Waals surface area contributed by atoms with E-state index in [1.165, 1.54) is 23.9 Å². The van der Waals surface area contributed by atoms with E-state index in [-0.39, 0.29) is 0 Å². The average Bonchev–Trinajstić information content (AvgIpc) is 2.45. The Hall–Kier alpha value is -1.07. The van der Waals surface area contributed by atoms with Crippen molar-refractivity contribution in [3.8, 4) is 0 Å². The first-order chi connectivity index (χ1) is 9.31. The van der Waals surface area contributed by atoms with Gasteiger partial charge in [-0.15, -0.1) is 0 Å². The van der Waals surface area contributed by atoms with Crippen molar-refractivity contribution in [1.29, 1.82) is 0 Å². The summed E-state index contributed by atoms with van der Waals surface area (Å²) in [7, 11) is 0. The standard InChI is InChI=1S/C14H13ClN2S2/c15-12-6-2-1-5-11(12)9-10-18-17-13-7-3-4-8-14(13)19-16/h1-10,17H,16H2/b10-9+. The monoisotopic (exact) mass is 308 g/mol. The lowest BCUT2D eigenvalue weighted by Crippen LogP contribution is -1.89. The van der Waals surface area contributed by atoms with Crippen molar-refractivity contribution in [3.05, 3.63) is 64.5 Å². The first kappa shape index (κ1) is 14.3. The van der Waals surface area contributed by atoms with E-state index < -0.39 is 0 Å². The zero-order valence-corrected chi connectivity index (χ0v) is 12.4. The van der Waals surface area contributed by atoms with Crippen LogP contribution in [-0.4, -0.2) is 0 Å². The summed E-state index contributed by atoms with van der Waals surface area (Å²) in [6.45, 7) is 0. The Kier molecular flexibility index (Phi) is 5.66. The summed E-state index contributed by atoms with van der Waals surface area (Å²) < 4.78 is 3.24. The molecule has 0 saturated carbocycles. The van der Waals surface area contributed by atoms with Gasteiger partial charge >= 0.3 is 0 Å². The second-order valence-corrected chi connectivity index (χ2v) is 5.45. The third-order valence-corrected chi connectivity index (χ3v) is 3.97. The summed E-state index contributed by atoms with van der Waals surface area (Å²) in [6, 6.07) is 15.6. The third-order valence-electron chi connectivity index (χ3n) is 2.40. The van der Waals surface area contributed by atoms with Gasteiger partial charge in [-0.1, -0.05) is 41.9 Å². The Morgan fingerprint density at radius 3 is 2.58 bits per heavy atom. The van der Waals surface area contributed by atoms with Gasteiger partial charge in [-0.3, -0.25) is 5.14 Å². The van der Waals surface area contributed by atoms with E-state index in [9.17, 15) is 0 Å². The molecular weight excluding hydrogens is 296 g/mol. The number of nitrogens with two attached hydrogens (primary N) is 1. The van der Waals surface area contributed by atoms with Crippen LogP contribution in [0.1, 0.15) is 5.56 Å². The molecule has 0 bridgehead atoms. The molecule has 0 fully saturated rings. The summed E-state index contributed by atoms with van der Waals surface area (Å²) >= 11 is 8.78. The van der Waals surface area contributed by atoms with Gasteiger partial charge in [0.2, 0.25) is 0 Å². The molecule has 0 heterocycles. The average molecular weight is 309 g/mol. The Balaban J connectivity index is 1.95. The van der Waals surface area contributed by atoms with E-state index >= 15 is 0 Å². The minimum atomic E-state index is 0.747. The number of benzene rings is 2. The summed E-state index contributed by atoms with van der Waals surface area (Å²) in [4.78, 5) is 1.01. The van der Waals surface area contributed by atoms with Crippen LogP contribution < -0.4 is 9.86 Å². The number of nitrogens with one attached hydrogen (secondary N) is 1. The maximum Gasteiger partial charge on any atom is 0.0593 e. The highest BCUT2D eigenvalue weighted by Crippen LogP contribution is 2.26. The zero-order valence-electron chi connectivity index (χ0n) is 10.0. The third kappa shape index (κ3) is 4.21. The number of hydrogen-bond donors (Lipinski definition) is 2. The van der Waals surface area contributed by atoms with E-state index in [1.807, 2.05) is 60.0 Å². The highest BCUT2D eigenvalue weighted by atomic mass is 35.5. The number of rotatable bonds is 5. The van der Waals surface area contributed by atoms with E-state index in [0.29, 0.717) is 0 Å². The molecule has 2 aromatic rings. The minimum Gasteiger partial charge on any atom is -0.325 e. The predicted molar refractivity (Wildman–Crippen MR) is 88.2 cm³/mol. The van der Waals surface area contributed by atoms with Crippen LogP contribution in [0.25, 0.3) is 6.08 Å². The van der Waals surface area contributed by atoms with Crippen molar-refractivity contribution in [2.24, 2.45) is 5.14 Å². The summed E-state index contributed by atoms with van der Waals surface area (Å²) in [5.74, 6) is 0. The molecule has 0 aliphatic rings. The van der Waals surface area contributed by atoms with Gasteiger partial charge < -0.3 is 4.72 Å². The second kappa shape index (κ2) is 7.50. The van der Waals surface area contributed by atoms with Crippen LogP contribution in [0, 0.1) is 0 Å². The normalized spacial score (nSPS) is 10.8. The van der Waals surface area contributed by atoms with Crippen LogP contribution in [-0.2, 0) is 0 Å². The SMILES string of the molecule is NSc1ccccc1NS/C=C/c1ccccc1Cl. The van der Waals surface area contributed by atoms with Gasteiger partial charge in [-0.2, -0.15) is 0 Å². The number of halogens is 1. The minimum absolute atomic E-state index is 0.747. The molecule has 0 radical (unpaired) electrons. The molecule has 0 unspecified atom stereocenters. The molecule has 0 spiro atoms. The maximum atomic E-state index is 6.07. The lowest BCUT2D eigenvalue weighted by molar-refractivity contribution is 1.46. The molecule has 98 valence electrons. The Labute approximate surface area is 126 Å². The molecule has 3 N–H and O–H groups in total. The van der Waals surface area contributed by atoms with Crippen LogP contribution in [0.3, 0.4) is 0 Å². The topological polar surface area (TPSA) is 38.0 Å². The molecular formula is C14H13ClN2S2. The van der Waals surface area contributed by atoms with Crippen LogP contribution in [0.4, 0.5) is 5.69 Å². The molecule has 0 aliphatic carbocycles. The van der Waals surface area contributed by atoms with Crippen LogP contribution in [0.5, 0.6) is 0 Å². The fourth-order valence-corrected chi connectivity index (χ4v) is 2.72. The van der Waals surface area contributed by atoms with E-state index in [4.69, 9.17) is 16.7 Å². The van der Waals surface area contributed by atoms with Crippen molar-refractivity contribution in [1.82, 2.24) is 0 Å². The van der Waals surface area contributed by atoms with Crippen molar-refractivity contribution >= 4 is 47.3 Å². The highest BCUT2D eigenvalue weighted by Gasteiger charge is 1.98. The van der Waals surface area contributed by atoms with E-state index in [2.05, 4.69) is 4.72 Å². The molecule has 0 aromatic heterocycles. The largest absolute Gasteiger partial charge is 0.325 e. The molecule has 2 aromatic carbocycles. The van der Waals surface area contributed by atoms with Crippen molar-refractivity contribution in [2.75, 3.05) is 4.72 Å². The second-order valence-electron chi connectivity index (χ2n) is 3.66. The fourth-order valence-electron chi connectivity index (χ4n) is 1.47. The number of anilines is 1. The van der Waals surface area contributed by atoms with Gasteiger partial charge in [0.15, 0.2) is 0 Å². The van der Waals surface area contributed by atoms with Gasteiger partial charge in [-0.25, -0.2) is 0 Å². The first-order valence-corrected chi connectivity index (χ1v) is 7.73. The highest BCUT2D eigenvalue weighted by molar-refractivity contribution is 8.03. The van der Waals surface area contributed by atoms with Crippen molar-refractivity contribution in [3.63, 3.8) is 0 Å². The summed E-state index contributed by atoms with van der Waals surface area (Å²) in [6.07, 6.45) is 1.97. The molecule has 2 nitrogen and oxygen atoms in total. The van der Waals surface area contributed by atoms with Gasteiger partial charge in [-0.05, 0) is 59.1 Å². The number of para-hydroxylation sites is 1. The first-order valence-electron chi connectivity index (χ1n) is 5.60. The number of hydrogen-bond acceptors (Lipinski definition) is 4. The smallest absolute Gasteiger partial charge is 0.0593 e. The van der Waals surface area contributed by atoms with Crippen molar-refractivity contribution < 1.29 is 0 Å². The van der Waals surface area contributed by atoms with Gasteiger partial charge in [0, 0.05) is 9.92 Å². The molecule has 0 atom stereocenters. The molecule has 0 amide bonds. The molecule has 0 aliphatic heterocycles.